The Morgan fingerprint density at radius 3 is 2.77 bits per heavy atom. The predicted octanol–water partition coefficient (Wildman–Crippen LogP) is 3.81. The smallest absolute Gasteiger partial charge is 0.308 e. The van der Waals surface area contributed by atoms with Gasteiger partial charge in [0.2, 0.25) is 5.91 Å². The number of hydrogen-bond acceptors (Lipinski definition) is 5. The maximum absolute atomic E-state index is 12.6. The molecule has 2 aromatic carbocycles. The standard InChI is InChI=1S/C22H19ClN4O3S/c23-16-7-5-15(6-8-16)21-19(9-10-20(28)26-11-12-31(29)14-26)30-22(25-21)27-13-24-17-3-1-2-4-18(17)27/h1-8,13H,9-12,14H2. The fraction of sp³-hybridized carbons (Fsp3) is 0.227. The van der Waals surface area contributed by atoms with Crippen molar-refractivity contribution in [2.75, 3.05) is 18.2 Å². The molecular weight excluding hydrogens is 436 g/mol. The second kappa shape index (κ2) is 8.37. The van der Waals surface area contributed by atoms with Gasteiger partial charge in [0.1, 0.15) is 23.5 Å². The van der Waals surface area contributed by atoms with Crippen LogP contribution in [0.3, 0.4) is 0 Å². The molecule has 1 aliphatic rings. The fourth-order valence-corrected chi connectivity index (χ4v) is 4.95. The van der Waals surface area contributed by atoms with Crippen molar-refractivity contribution in [2.45, 2.75) is 12.8 Å². The lowest BCUT2D eigenvalue weighted by Gasteiger charge is -2.12. The van der Waals surface area contributed by atoms with E-state index in [1.807, 2.05) is 36.4 Å². The van der Waals surface area contributed by atoms with Crippen molar-refractivity contribution >= 4 is 39.7 Å². The normalized spacial score (nSPS) is 16.3. The van der Waals surface area contributed by atoms with Crippen LogP contribution in [-0.2, 0) is 22.4 Å². The average molecular weight is 455 g/mol. The number of carbonyl (C=O) groups excluding carboxylic acids is 1. The Labute approximate surface area is 186 Å². The molecule has 0 bridgehead atoms. The summed E-state index contributed by atoms with van der Waals surface area (Å²) >= 11 is 5.11. The molecule has 9 heteroatoms. The van der Waals surface area contributed by atoms with E-state index in [1.165, 1.54) is 0 Å². The van der Waals surface area contributed by atoms with Gasteiger partial charge in [-0.15, -0.1) is 0 Å². The molecule has 2 aromatic heterocycles. The second-order valence-corrected chi connectivity index (χ2v) is 9.29. The van der Waals surface area contributed by atoms with E-state index < -0.39 is 11.2 Å². The number of halogens is 1. The minimum atomic E-state index is -0.941. The SMILES string of the molecule is O=C(CCc1oc(-n2cnc3ccccc32)nc1-c1ccc(Cl)cc1)N1CC[S+]([O-])C1. The summed E-state index contributed by atoms with van der Waals surface area (Å²) in [6, 6.07) is 15.5. The maximum Gasteiger partial charge on any atom is 0.308 e. The van der Waals surface area contributed by atoms with Crippen LogP contribution < -0.4 is 0 Å². The number of imidazole rings is 1. The lowest BCUT2D eigenvalue weighted by atomic mass is 10.1. The van der Waals surface area contributed by atoms with E-state index in [-0.39, 0.29) is 12.3 Å². The summed E-state index contributed by atoms with van der Waals surface area (Å²) in [6.07, 6.45) is 2.33. The highest BCUT2D eigenvalue weighted by molar-refractivity contribution is 7.91. The molecule has 0 N–H and O–H groups in total. The van der Waals surface area contributed by atoms with Crippen molar-refractivity contribution in [1.82, 2.24) is 19.4 Å². The minimum absolute atomic E-state index is 0.0288. The minimum Gasteiger partial charge on any atom is -0.615 e. The van der Waals surface area contributed by atoms with Crippen molar-refractivity contribution < 1.29 is 13.8 Å². The summed E-state index contributed by atoms with van der Waals surface area (Å²) in [6.45, 7) is 0.540. The molecule has 0 aliphatic carbocycles. The Kier molecular flexibility index (Phi) is 5.43. The first-order valence-corrected chi connectivity index (χ1v) is 11.8. The number of rotatable bonds is 5. The Hall–Kier alpha value is -2.81. The van der Waals surface area contributed by atoms with Crippen molar-refractivity contribution in [1.29, 1.82) is 0 Å². The molecule has 1 atom stereocenters. The third-order valence-corrected chi connectivity index (χ3v) is 6.76. The monoisotopic (exact) mass is 454 g/mol. The molecular formula is C22H19ClN4O3S. The third-order valence-electron chi connectivity index (χ3n) is 5.27. The highest BCUT2D eigenvalue weighted by Crippen LogP contribution is 2.29. The molecule has 1 saturated heterocycles. The Balaban J connectivity index is 1.48. The Bertz CT molecular complexity index is 1240. The van der Waals surface area contributed by atoms with Gasteiger partial charge in [-0.2, -0.15) is 4.98 Å². The van der Waals surface area contributed by atoms with E-state index in [4.69, 9.17) is 21.0 Å². The van der Waals surface area contributed by atoms with Gasteiger partial charge in [0.15, 0.2) is 5.88 Å². The molecule has 7 nitrogen and oxygen atoms in total. The van der Waals surface area contributed by atoms with Gasteiger partial charge in [0, 0.05) is 23.4 Å². The highest BCUT2D eigenvalue weighted by atomic mass is 35.5. The van der Waals surface area contributed by atoms with Crippen LogP contribution in [0.25, 0.3) is 28.3 Å². The number of fused-ring (bicyclic) bond motifs is 1. The van der Waals surface area contributed by atoms with Crippen LogP contribution in [0, 0.1) is 0 Å². The molecule has 3 heterocycles. The van der Waals surface area contributed by atoms with Crippen LogP contribution in [0.4, 0.5) is 0 Å². The molecule has 1 aliphatic heterocycles. The van der Waals surface area contributed by atoms with Crippen LogP contribution in [-0.4, -0.2) is 48.1 Å². The summed E-state index contributed by atoms with van der Waals surface area (Å²) in [5.41, 5.74) is 3.25. The van der Waals surface area contributed by atoms with Crippen LogP contribution in [0.5, 0.6) is 0 Å². The van der Waals surface area contributed by atoms with Gasteiger partial charge in [-0.25, -0.2) is 4.98 Å². The van der Waals surface area contributed by atoms with Crippen LogP contribution >= 0.6 is 11.6 Å². The van der Waals surface area contributed by atoms with E-state index in [0.717, 1.165) is 16.6 Å². The average Bonchev–Trinajstić information content (AvgIpc) is 3.50. The molecule has 0 radical (unpaired) electrons. The largest absolute Gasteiger partial charge is 0.615 e. The first kappa shape index (κ1) is 20.1. The first-order chi connectivity index (χ1) is 15.1. The van der Waals surface area contributed by atoms with Gasteiger partial charge in [0.25, 0.3) is 0 Å². The molecule has 1 fully saturated rings. The molecule has 5 rings (SSSR count). The van der Waals surface area contributed by atoms with Gasteiger partial charge in [-0.1, -0.05) is 35.9 Å². The fourth-order valence-electron chi connectivity index (χ4n) is 3.65. The predicted molar refractivity (Wildman–Crippen MR) is 119 cm³/mol. The summed E-state index contributed by atoms with van der Waals surface area (Å²) in [7, 11) is 0. The number of nitrogens with zero attached hydrogens (tertiary/aromatic N) is 4. The highest BCUT2D eigenvalue weighted by Gasteiger charge is 2.28. The number of carbonyl (C=O) groups is 1. The molecule has 0 saturated carbocycles. The molecule has 0 spiro atoms. The van der Waals surface area contributed by atoms with E-state index in [9.17, 15) is 9.35 Å². The van der Waals surface area contributed by atoms with Gasteiger partial charge in [-0.3, -0.25) is 14.3 Å². The molecule has 158 valence electrons. The zero-order valence-electron chi connectivity index (χ0n) is 16.5. The van der Waals surface area contributed by atoms with Crippen LogP contribution in [0.1, 0.15) is 12.2 Å². The van der Waals surface area contributed by atoms with E-state index in [2.05, 4.69) is 4.98 Å². The zero-order chi connectivity index (χ0) is 21.4. The summed E-state index contributed by atoms with van der Waals surface area (Å²) in [5, 5.41) is 0.631. The van der Waals surface area contributed by atoms with Crippen molar-refractivity contribution in [3.05, 3.63) is 65.6 Å². The molecule has 1 unspecified atom stereocenters. The second-order valence-electron chi connectivity index (χ2n) is 7.31. The summed E-state index contributed by atoms with van der Waals surface area (Å²) in [4.78, 5) is 23.4. The van der Waals surface area contributed by atoms with Gasteiger partial charge in [0.05, 0.1) is 17.6 Å². The Morgan fingerprint density at radius 2 is 2.00 bits per heavy atom. The molecule has 1 amide bonds. The van der Waals surface area contributed by atoms with E-state index >= 15 is 0 Å². The van der Waals surface area contributed by atoms with Crippen LogP contribution in [0.15, 0.2) is 59.3 Å². The molecule has 4 aromatic rings. The van der Waals surface area contributed by atoms with Crippen molar-refractivity contribution in [2.24, 2.45) is 0 Å². The van der Waals surface area contributed by atoms with Crippen LogP contribution in [0.2, 0.25) is 5.02 Å². The number of aryl methyl sites for hydroxylation is 1. The maximum atomic E-state index is 12.6. The number of benzene rings is 2. The topological polar surface area (TPSA) is 87.2 Å². The number of oxazole rings is 1. The van der Waals surface area contributed by atoms with Crippen molar-refractivity contribution in [3.8, 4) is 17.3 Å². The van der Waals surface area contributed by atoms with Gasteiger partial charge >= 0.3 is 6.01 Å². The van der Waals surface area contributed by atoms with E-state index in [1.54, 1.807) is 27.9 Å². The molecule has 31 heavy (non-hydrogen) atoms. The zero-order valence-corrected chi connectivity index (χ0v) is 18.1. The van der Waals surface area contributed by atoms with Gasteiger partial charge < -0.3 is 8.97 Å². The third kappa shape index (κ3) is 4.06. The summed E-state index contributed by atoms with van der Waals surface area (Å²) < 4.78 is 19.5. The summed E-state index contributed by atoms with van der Waals surface area (Å²) in [5.74, 6) is 1.44. The van der Waals surface area contributed by atoms with Crippen molar-refractivity contribution in [3.63, 3.8) is 0 Å². The lowest BCUT2D eigenvalue weighted by Crippen LogP contribution is -2.29. The first-order valence-electron chi connectivity index (χ1n) is 9.89. The quantitative estimate of drug-likeness (QED) is 0.428. The van der Waals surface area contributed by atoms with Gasteiger partial charge in [-0.05, 0) is 35.4 Å². The van der Waals surface area contributed by atoms with E-state index in [0.29, 0.717) is 47.1 Å². The number of amides is 1. The number of aromatic nitrogens is 3. The Morgan fingerprint density at radius 1 is 1.19 bits per heavy atom. The lowest BCUT2D eigenvalue weighted by molar-refractivity contribution is -0.129. The number of para-hydroxylation sites is 2. The number of hydrogen-bond donors (Lipinski definition) is 0.